The van der Waals surface area contributed by atoms with Gasteiger partial charge < -0.3 is 64.8 Å². The van der Waals surface area contributed by atoms with Crippen LogP contribution in [-0.2, 0) is 62.3 Å². The van der Waals surface area contributed by atoms with Crippen molar-refractivity contribution in [1.82, 2.24) is 60.0 Å². The maximum atomic E-state index is 16.3. The first-order valence-corrected chi connectivity index (χ1v) is 38.5. The van der Waals surface area contributed by atoms with Gasteiger partial charge in [-0.2, -0.15) is 26.3 Å². The van der Waals surface area contributed by atoms with E-state index in [9.17, 15) is 55.1 Å². The fraction of sp³-hybridized carbons (Fsp3) is 0.813. The van der Waals surface area contributed by atoms with Crippen LogP contribution < -0.4 is 16.0 Å². The fourth-order valence-corrected chi connectivity index (χ4v) is 17.4. The van der Waals surface area contributed by atoms with Gasteiger partial charge >= 0.3 is 12.4 Å². The smallest absolute Gasteiger partial charge is 0.379 e. The second-order valence-corrected chi connectivity index (χ2v) is 33.0. The molecule has 4 saturated carbocycles. The lowest BCUT2D eigenvalue weighted by molar-refractivity contribution is -0.219. The lowest BCUT2D eigenvalue weighted by atomic mass is 9.58. The molecule has 0 radical (unpaired) electrons. The predicted molar refractivity (Wildman–Crippen MR) is 381 cm³/mol. The fourth-order valence-electron chi connectivity index (χ4n) is 17.4. The van der Waals surface area contributed by atoms with Gasteiger partial charge in [0.15, 0.2) is 0 Å². The van der Waals surface area contributed by atoms with Gasteiger partial charge in [-0.05, 0) is 132 Å². The minimum atomic E-state index is -5.29. The van der Waals surface area contributed by atoms with E-state index in [1.807, 2.05) is 0 Å². The van der Waals surface area contributed by atoms with E-state index in [1.54, 1.807) is 46.8 Å². The summed E-state index contributed by atoms with van der Waals surface area (Å²) in [6, 6.07) is -13.1. The molecule has 1 spiro atoms. The summed E-state index contributed by atoms with van der Waals surface area (Å²) in [5.74, 6) is -23.1. The number of hydrogen-bond donors (Lipinski definition) is 3. The van der Waals surface area contributed by atoms with E-state index in [0.717, 1.165) is 46.2 Å². The third-order valence-electron chi connectivity index (χ3n) is 23.8. The highest BCUT2D eigenvalue weighted by Gasteiger charge is 2.61. The van der Waals surface area contributed by atoms with Gasteiger partial charge in [-0.3, -0.25) is 57.5 Å². The average Bonchev–Trinajstić information content (AvgIpc) is 1.44. The number of amides is 12. The molecule has 7 rings (SSSR count). The molecular weight excluding hydrogens is 1470 g/mol. The van der Waals surface area contributed by atoms with E-state index < -0.39 is 261 Å². The number of carbonyl (C=O) groups is 12. The Bertz CT molecular complexity index is 3330. The second-order valence-electron chi connectivity index (χ2n) is 33.0. The van der Waals surface area contributed by atoms with Crippen LogP contribution in [0.4, 0.5) is 43.9 Å². The van der Waals surface area contributed by atoms with E-state index in [2.05, 4.69) is 16.0 Å². The maximum absolute atomic E-state index is 16.3. The van der Waals surface area contributed by atoms with Crippen LogP contribution in [0.3, 0.4) is 0 Å². The summed E-state index contributed by atoms with van der Waals surface area (Å²) >= 11 is 0. The van der Waals surface area contributed by atoms with E-state index >= 15 is 46.3 Å². The quantitative estimate of drug-likeness (QED) is 0.0997. The van der Waals surface area contributed by atoms with E-state index in [1.165, 1.54) is 49.3 Å². The SMILES string of the molecule is CCCOC[C@H]1C(=O)N[C@@H]([C@@H](C)CC)C(=O)N(C)CC(=O)N(C)[C@H]2C/C=C\CCN(C2=O)[C@@H](CC2CCC(C(F)(F)F)CC2)C(=O)N(C)CC(=O)N[C@@H](CCC2CC(F)C(C(F)(F)F)C(F)C2)C(=O)N2CC(F)(F)C[C@H]2C(=O)NC2(CC(C)(C)C2)C(=O)N(C)[C@@H](C2CCCC2)C(=O)N(C)[C@H](C(=O)N(C)C)CC(=O)N1C. The van der Waals surface area contributed by atoms with Crippen LogP contribution in [0.2, 0.25) is 0 Å². The van der Waals surface area contributed by atoms with Gasteiger partial charge in [-0.25, -0.2) is 17.6 Å². The number of halogens is 10. The molecule has 0 aromatic carbocycles. The first kappa shape index (κ1) is 89.8. The highest BCUT2D eigenvalue weighted by molar-refractivity contribution is 6.01. The molecule has 4 aliphatic carbocycles. The lowest BCUT2D eigenvalue weighted by Gasteiger charge is -2.54. The number of alkyl halides is 10. The number of rotatable bonds is 13. The lowest BCUT2D eigenvalue weighted by Crippen LogP contribution is -2.71. The van der Waals surface area contributed by atoms with Gasteiger partial charge in [-0.15, -0.1) is 0 Å². The molecule has 11 atom stereocenters. The Kier molecular flexibility index (Phi) is 30.3. The van der Waals surface area contributed by atoms with Gasteiger partial charge in [0.25, 0.3) is 5.92 Å². The van der Waals surface area contributed by atoms with Crippen LogP contribution in [0.25, 0.3) is 0 Å². The molecule has 0 aromatic rings. The number of carbonyl (C=O) groups excluding carboxylic acids is 12. The maximum Gasteiger partial charge on any atom is 0.397 e. The summed E-state index contributed by atoms with van der Waals surface area (Å²) in [5, 5.41) is 7.85. The number of ether oxygens (including phenoxy) is 1. The molecular formula is C75H114F10N12O13. The molecule has 25 nitrogen and oxygen atoms in total. The second kappa shape index (κ2) is 37.1. The van der Waals surface area contributed by atoms with Crippen molar-refractivity contribution in [3.63, 3.8) is 0 Å². The third kappa shape index (κ3) is 21.7. The van der Waals surface area contributed by atoms with Crippen molar-refractivity contribution in [2.45, 2.75) is 254 Å². The summed E-state index contributed by atoms with van der Waals surface area (Å²) in [6.45, 7) is 4.92. The minimum absolute atomic E-state index is 0.0589. The molecule has 3 aliphatic heterocycles. The largest absolute Gasteiger partial charge is 0.397 e. The molecule has 3 heterocycles. The van der Waals surface area contributed by atoms with Gasteiger partial charge in [0, 0.05) is 76.0 Å². The zero-order chi connectivity index (χ0) is 82.2. The molecule has 110 heavy (non-hydrogen) atoms. The van der Waals surface area contributed by atoms with Crippen LogP contribution >= 0.6 is 0 Å². The van der Waals surface area contributed by atoms with Gasteiger partial charge in [0.05, 0.1) is 38.6 Å². The first-order chi connectivity index (χ1) is 51.2. The summed E-state index contributed by atoms with van der Waals surface area (Å²) in [6.07, 6.45) is -15.9. The molecule has 35 heteroatoms. The van der Waals surface area contributed by atoms with Crippen molar-refractivity contribution in [3.8, 4) is 0 Å². The molecule has 622 valence electrons. The summed E-state index contributed by atoms with van der Waals surface area (Å²) in [4.78, 5) is 189. The van der Waals surface area contributed by atoms with Gasteiger partial charge in [0.1, 0.15) is 72.1 Å². The molecule has 12 amide bonds. The Hall–Kier alpha value is -7.36. The minimum Gasteiger partial charge on any atom is -0.379 e. The molecule has 6 fully saturated rings. The summed E-state index contributed by atoms with van der Waals surface area (Å²) < 4.78 is 153. The molecule has 0 aromatic heterocycles. The zero-order valence-electron chi connectivity index (χ0n) is 65.6. The van der Waals surface area contributed by atoms with Crippen LogP contribution in [-0.4, -0.2) is 295 Å². The molecule has 3 N–H and O–H groups in total. The van der Waals surface area contributed by atoms with Crippen LogP contribution in [0.15, 0.2) is 12.2 Å². The Morgan fingerprint density at radius 1 is 0.664 bits per heavy atom. The Balaban J connectivity index is 1.34. The number of likely N-dealkylation sites (N-methyl/N-ethyl adjacent to an activating group) is 7. The highest BCUT2D eigenvalue weighted by Crippen LogP contribution is 2.51. The number of nitrogens with zero attached hydrogens (tertiary/aromatic N) is 9. The van der Waals surface area contributed by atoms with Crippen molar-refractivity contribution in [1.29, 1.82) is 0 Å². The Morgan fingerprint density at radius 3 is 1.84 bits per heavy atom. The summed E-state index contributed by atoms with van der Waals surface area (Å²) in [7, 11) is 10.3. The molecule has 7 aliphatic rings. The standard InChI is InChI=1S/C75H114F10N12O13/c1-14-31-110-39-55-62(101)87-60(43(3)15-2)68(107)91(9)38-58(100)92(10)51-23-17-16-20-30-96(67(51)106)53(34-44-24-27-47(28-25-44)74(80,81)82)66(105)90(8)37-56(98)86-50(29-26-45-32-48(76)59(49(77)33-45)75(83,84)85)64(103)97-42-73(78,79)36-54(97)63(102)88-72(40-71(4,5)41-72)70(109)95(13)61(46-21-18-19-22-46)69(108)94(12)52(65(104)89(6)7)35-57(99)93(55)11/h16-17,43-55,59-61H,14-15,18-42H2,1-13H3,(H,86,98)(H,87,101)(H,88,102)/b17-16-/t43-,44?,45?,47?,48?,49?,50-,51-,52-,53-,54-,55-,59?,60-,61-/m0/s1. The number of fused-ring (bicyclic) bond motifs is 3. The summed E-state index contributed by atoms with van der Waals surface area (Å²) in [5.41, 5.74) is -2.73. The van der Waals surface area contributed by atoms with Crippen molar-refractivity contribution < 1.29 is 106 Å². The van der Waals surface area contributed by atoms with E-state index in [0.29, 0.717) is 37.0 Å². The highest BCUT2D eigenvalue weighted by atomic mass is 19.4. The van der Waals surface area contributed by atoms with Gasteiger partial charge in [0.2, 0.25) is 70.9 Å². The van der Waals surface area contributed by atoms with E-state index in [-0.39, 0.29) is 77.4 Å². The topological polar surface area (TPSA) is 279 Å². The molecule has 2 saturated heterocycles. The first-order valence-electron chi connectivity index (χ1n) is 38.5. The van der Waals surface area contributed by atoms with Crippen LogP contribution in [0, 0.1) is 40.9 Å². The van der Waals surface area contributed by atoms with Gasteiger partial charge in [-0.1, -0.05) is 66.0 Å². The number of hydrogen-bond acceptors (Lipinski definition) is 13. The van der Waals surface area contributed by atoms with Crippen molar-refractivity contribution in [3.05, 3.63) is 12.2 Å². The monoisotopic (exact) mass is 1580 g/mol. The van der Waals surface area contributed by atoms with Crippen molar-refractivity contribution in [2.24, 2.45) is 40.9 Å². The number of nitrogens with one attached hydrogen (secondary N) is 3. The van der Waals surface area contributed by atoms with Crippen LogP contribution in [0.1, 0.15) is 169 Å². The Labute approximate surface area is 637 Å². The molecule has 2 bridgehead atoms. The average molecular weight is 1580 g/mol. The normalized spacial score (nSPS) is 31.9. The zero-order valence-corrected chi connectivity index (χ0v) is 65.6. The third-order valence-corrected chi connectivity index (χ3v) is 23.8. The van der Waals surface area contributed by atoms with Crippen LogP contribution in [0.5, 0.6) is 0 Å². The van der Waals surface area contributed by atoms with Crippen molar-refractivity contribution in [2.75, 3.05) is 95.8 Å². The molecule has 2 unspecified atom stereocenters. The predicted octanol–water partition coefficient (Wildman–Crippen LogP) is 6.60. The Morgan fingerprint density at radius 2 is 1.27 bits per heavy atom. The van der Waals surface area contributed by atoms with E-state index in [4.69, 9.17) is 4.74 Å². The van der Waals surface area contributed by atoms with Crippen molar-refractivity contribution >= 4 is 70.9 Å².